The van der Waals surface area contributed by atoms with Gasteiger partial charge in [-0.25, -0.2) is 4.79 Å². The van der Waals surface area contributed by atoms with E-state index in [1.807, 2.05) is 18.2 Å². The summed E-state index contributed by atoms with van der Waals surface area (Å²) in [4.78, 5) is 14.9. The minimum Gasteiger partial charge on any atom is -0.478 e. The summed E-state index contributed by atoms with van der Waals surface area (Å²) in [7, 11) is 0. The average Bonchev–Trinajstić information content (AvgIpc) is 2.38. The van der Waals surface area contributed by atoms with Crippen molar-refractivity contribution in [1.29, 1.82) is 0 Å². The SMILES string of the molecule is O=C(O)c1ccc(/N=C/c2ccccc2Cl)cc1. The van der Waals surface area contributed by atoms with Crippen LogP contribution in [0.15, 0.2) is 53.5 Å². The lowest BCUT2D eigenvalue weighted by Crippen LogP contribution is -1.94. The predicted molar refractivity (Wildman–Crippen MR) is 72.1 cm³/mol. The second-order valence-electron chi connectivity index (χ2n) is 3.63. The Bertz CT molecular complexity index is 591. The number of aromatic carboxylic acids is 1. The lowest BCUT2D eigenvalue weighted by atomic mass is 10.2. The van der Waals surface area contributed by atoms with Crippen LogP contribution in [0.25, 0.3) is 0 Å². The molecule has 0 aliphatic carbocycles. The van der Waals surface area contributed by atoms with Crippen LogP contribution >= 0.6 is 11.6 Å². The van der Waals surface area contributed by atoms with Crippen molar-refractivity contribution >= 4 is 29.5 Å². The zero-order valence-corrected chi connectivity index (χ0v) is 10.1. The molecule has 18 heavy (non-hydrogen) atoms. The van der Waals surface area contributed by atoms with Crippen molar-refractivity contribution in [2.24, 2.45) is 4.99 Å². The molecule has 0 aliphatic heterocycles. The van der Waals surface area contributed by atoms with Gasteiger partial charge in [0.15, 0.2) is 0 Å². The van der Waals surface area contributed by atoms with Gasteiger partial charge in [-0.1, -0.05) is 29.8 Å². The van der Waals surface area contributed by atoms with E-state index in [0.717, 1.165) is 5.56 Å². The average molecular weight is 260 g/mol. The third-order valence-corrected chi connectivity index (χ3v) is 2.72. The summed E-state index contributed by atoms with van der Waals surface area (Å²) in [5, 5.41) is 9.39. The normalized spacial score (nSPS) is 10.7. The first-order valence-corrected chi connectivity index (χ1v) is 5.66. The Morgan fingerprint density at radius 3 is 2.39 bits per heavy atom. The number of nitrogens with zero attached hydrogens (tertiary/aromatic N) is 1. The van der Waals surface area contributed by atoms with Gasteiger partial charge in [0.2, 0.25) is 0 Å². The van der Waals surface area contributed by atoms with Crippen molar-refractivity contribution in [3.05, 3.63) is 64.7 Å². The summed E-state index contributed by atoms with van der Waals surface area (Å²) >= 11 is 5.99. The van der Waals surface area contributed by atoms with E-state index >= 15 is 0 Å². The van der Waals surface area contributed by atoms with E-state index in [-0.39, 0.29) is 5.56 Å². The topological polar surface area (TPSA) is 49.7 Å². The molecule has 0 bridgehead atoms. The van der Waals surface area contributed by atoms with E-state index in [2.05, 4.69) is 4.99 Å². The lowest BCUT2D eigenvalue weighted by molar-refractivity contribution is 0.0697. The number of halogens is 1. The lowest BCUT2D eigenvalue weighted by Gasteiger charge is -1.97. The zero-order valence-electron chi connectivity index (χ0n) is 9.38. The van der Waals surface area contributed by atoms with Crippen molar-refractivity contribution in [2.75, 3.05) is 0 Å². The molecule has 0 spiro atoms. The van der Waals surface area contributed by atoms with Crippen LogP contribution in [0.2, 0.25) is 5.02 Å². The number of benzene rings is 2. The fourth-order valence-electron chi connectivity index (χ4n) is 1.41. The van der Waals surface area contributed by atoms with Crippen LogP contribution in [0.3, 0.4) is 0 Å². The first kappa shape index (κ1) is 12.3. The van der Waals surface area contributed by atoms with Gasteiger partial charge >= 0.3 is 5.97 Å². The number of carboxylic acid groups (broad SMARTS) is 1. The zero-order chi connectivity index (χ0) is 13.0. The number of hydrogen-bond acceptors (Lipinski definition) is 2. The maximum Gasteiger partial charge on any atom is 0.335 e. The molecule has 4 heteroatoms. The van der Waals surface area contributed by atoms with Gasteiger partial charge in [-0.05, 0) is 30.3 Å². The largest absolute Gasteiger partial charge is 0.478 e. The fourth-order valence-corrected chi connectivity index (χ4v) is 1.60. The van der Waals surface area contributed by atoms with Gasteiger partial charge in [0.05, 0.1) is 11.3 Å². The maximum atomic E-state index is 10.7. The number of hydrogen-bond donors (Lipinski definition) is 1. The molecule has 3 nitrogen and oxygen atoms in total. The molecule has 0 unspecified atom stereocenters. The molecule has 2 aromatic carbocycles. The Morgan fingerprint density at radius 2 is 1.78 bits per heavy atom. The molecule has 2 aromatic rings. The Balaban J connectivity index is 2.19. The minimum atomic E-state index is -0.948. The van der Waals surface area contributed by atoms with Crippen molar-refractivity contribution in [3.8, 4) is 0 Å². The van der Waals surface area contributed by atoms with Crippen LogP contribution in [0.4, 0.5) is 5.69 Å². The van der Waals surface area contributed by atoms with Crippen molar-refractivity contribution in [2.45, 2.75) is 0 Å². The van der Waals surface area contributed by atoms with E-state index in [4.69, 9.17) is 16.7 Å². The summed E-state index contributed by atoms with van der Waals surface area (Å²) in [5.41, 5.74) is 1.74. The third-order valence-electron chi connectivity index (χ3n) is 2.37. The molecule has 2 rings (SSSR count). The van der Waals surface area contributed by atoms with Gasteiger partial charge < -0.3 is 5.11 Å². The smallest absolute Gasteiger partial charge is 0.335 e. The Hall–Kier alpha value is -2.13. The number of aliphatic imine (C=N–C) groups is 1. The van der Waals surface area contributed by atoms with Crippen LogP contribution < -0.4 is 0 Å². The van der Waals surface area contributed by atoms with E-state index in [1.54, 1.807) is 24.4 Å². The molecule has 0 aromatic heterocycles. The number of carbonyl (C=O) groups is 1. The maximum absolute atomic E-state index is 10.7. The monoisotopic (exact) mass is 259 g/mol. The minimum absolute atomic E-state index is 0.242. The van der Waals surface area contributed by atoms with Gasteiger partial charge in [0, 0.05) is 16.8 Å². The van der Waals surface area contributed by atoms with Crippen LogP contribution in [0, 0.1) is 0 Å². The van der Waals surface area contributed by atoms with Gasteiger partial charge in [-0.2, -0.15) is 0 Å². The van der Waals surface area contributed by atoms with Gasteiger partial charge in [-0.3, -0.25) is 4.99 Å². The molecule has 1 N–H and O–H groups in total. The molecule has 0 amide bonds. The van der Waals surface area contributed by atoms with Crippen molar-refractivity contribution in [1.82, 2.24) is 0 Å². The third kappa shape index (κ3) is 2.96. The summed E-state index contributed by atoms with van der Waals surface area (Å²) < 4.78 is 0. The highest BCUT2D eigenvalue weighted by molar-refractivity contribution is 6.33. The highest BCUT2D eigenvalue weighted by Gasteiger charge is 2.00. The Kier molecular flexibility index (Phi) is 3.75. The van der Waals surface area contributed by atoms with Crippen LogP contribution in [0.5, 0.6) is 0 Å². The fraction of sp³-hybridized carbons (Fsp3) is 0. The molecular formula is C14H10ClNO2. The van der Waals surface area contributed by atoms with Crippen LogP contribution in [-0.4, -0.2) is 17.3 Å². The summed E-state index contributed by atoms with van der Waals surface area (Å²) in [6.45, 7) is 0. The van der Waals surface area contributed by atoms with Gasteiger partial charge in [0.25, 0.3) is 0 Å². The molecule has 0 aliphatic rings. The predicted octanol–water partition coefficient (Wildman–Crippen LogP) is 3.79. The second kappa shape index (κ2) is 5.47. The van der Waals surface area contributed by atoms with Gasteiger partial charge in [0.1, 0.15) is 0 Å². The molecule has 0 radical (unpaired) electrons. The summed E-state index contributed by atoms with van der Waals surface area (Å²) in [6.07, 6.45) is 1.65. The first-order chi connectivity index (χ1) is 8.66. The molecular weight excluding hydrogens is 250 g/mol. The van der Waals surface area contributed by atoms with Crippen molar-refractivity contribution in [3.63, 3.8) is 0 Å². The van der Waals surface area contributed by atoms with Crippen molar-refractivity contribution < 1.29 is 9.90 Å². The first-order valence-electron chi connectivity index (χ1n) is 5.29. The highest BCUT2D eigenvalue weighted by atomic mass is 35.5. The summed E-state index contributed by atoms with van der Waals surface area (Å²) in [6, 6.07) is 13.7. The highest BCUT2D eigenvalue weighted by Crippen LogP contribution is 2.16. The van der Waals surface area contributed by atoms with Crippen LogP contribution in [0.1, 0.15) is 15.9 Å². The van der Waals surface area contributed by atoms with E-state index in [0.29, 0.717) is 10.7 Å². The Morgan fingerprint density at radius 1 is 1.11 bits per heavy atom. The number of rotatable bonds is 3. The van der Waals surface area contributed by atoms with E-state index in [9.17, 15) is 4.79 Å². The molecule has 0 saturated carbocycles. The quantitative estimate of drug-likeness (QED) is 0.853. The van der Waals surface area contributed by atoms with E-state index in [1.165, 1.54) is 12.1 Å². The molecule has 0 atom stereocenters. The standard InChI is InChI=1S/C14H10ClNO2/c15-13-4-2-1-3-11(13)9-16-12-7-5-10(6-8-12)14(17)18/h1-9H,(H,17,18)/b16-9+. The van der Waals surface area contributed by atoms with Gasteiger partial charge in [-0.15, -0.1) is 0 Å². The van der Waals surface area contributed by atoms with E-state index < -0.39 is 5.97 Å². The molecule has 0 fully saturated rings. The second-order valence-corrected chi connectivity index (χ2v) is 4.04. The molecule has 90 valence electrons. The summed E-state index contributed by atoms with van der Waals surface area (Å²) in [5.74, 6) is -0.948. The van der Waals surface area contributed by atoms with Crippen LogP contribution in [-0.2, 0) is 0 Å². The number of carboxylic acids is 1. The molecule has 0 saturated heterocycles. The Labute approximate surface area is 109 Å². The molecule has 0 heterocycles.